The van der Waals surface area contributed by atoms with Gasteiger partial charge >= 0.3 is 6.09 Å². The first-order chi connectivity index (χ1) is 16.7. The number of pyridine rings is 1. The summed E-state index contributed by atoms with van der Waals surface area (Å²) in [4.78, 5) is 18.1. The Bertz CT molecular complexity index is 1130. The predicted molar refractivity (Wildman–Crippen MR) is 134 cm³/mol. The van der Waals surface area contributed by atoms with E-state index in [9.17, 15) is 15.0 Å². The molecule has 2 aromatic carbocycles. The molecule has 1 aromatic heterocycles. The van der Waals surface area contributed by atoms with Crippen LogP contribution in [0.1, 0.15) is 49.5 Å². The Balaban J connectivity index is 1.70. The zero-order valence-electron chi connectivity index (χ0n) is 20.5. The Morgan fingerprint density at radius 2 is 1.63 bits per heavy atom. The maximum Gasteiger partial charge on any atom is 0.407 e. The fourth-order valence-corrected chi connectivity index (χ4v) is 4.61. The fourth-order valence-electron chi connectivity index (χ4n) is 4.61. The zero-order valence-corrected chi connectivity index (χ0v) is 20.5. The van der Waals surface area contributed by atoms with Gasteiger partial charge in [0.05, 0.1) is 25.4 Å². The maximum absolute atomic E-state index is 12.6. The highest BCUT2D eigenvalue weighted by Gasteiger charge is 2.37. The minimum Gasteiger partial charge on any atom is -0.481 e. The summed E-state index contributed by atoms with van der Waals surface area (Å²) in [5.41, 5.74) is 4.37. The smallest absolute Gasteiger partial charge is 0.407 e. The molecule has 0 fully saturated rings. The van der Waals surface area contributed by atoms with Crippen molar-refractivity contribution in [3.05, 3.63) is 83.6 Å². The van der Waals surface area contributed by atoms with Crippen LogP contribution in [-0.4, -0.2) is 58.1 Å². The van der Waals surface area contributed by atoms with E-state index in [4.69, 9.17) is 9.47 Å². The summed E-state index contributed by atoms with van der Waals surface area (Å²) in [5.74, 6) is 0.259. The van der Waals surface area contributed by atoms with Crippen LogP contribution in [0.4, 0.5) is 4.79 Å². The third-order valence-electron chi connectivity index (χ3n) is 6.35. The number of benzene rings is 2. The lowest BCUT2D eigenvalue weighted by molar-refractivity contribution is -0.0619. The highest BCUT2D eigenvalue weighted by Crippen LogP contribution is 2.45. The molecule has 0 radical (unpaired) electrons. The van der Waals surface area contributed by atoms with Crippen molar-refractivity contribution >= 4 is 6.09 Å². The second-order valence-electron chi connectivity index (χ2n) is 9.73. The van der Waals surface area contributed by atoms with Crippen molar-refractivity contribution in [1.82, 2.24) is 9.88 Å². The number of aromatic nitrogens is 1. The van der Waals surface area contributed by atoms with Gasteiger partial charge in [0.2, 0.25) is 5.88 Å². The van der Waals surface area contributed by atoms with E-state index in [1.807, 2.05) is 57.2 Å². The van der Waals surface area contributed by atoms with Crippen LogP contribution >= 0.6 is 0 Å². The van der Waals surface area contributed by atoms with Gasteiger partial charge < -0.3 is 19.7 Å². The minimum atomic E-state index is -1.14. The second-order valence-corrected chi connectivity index (χ2v) is 9.73. The molecule has 0 aliphatic heterocycles. The van der Waals surface area contributed by atoms with Gasteiger partial charge in [-0.3, -0.25) is 4.90 Å². The van der Waals surface area contributed by atoms with Crippen molar-refractivity contribution in [2.24, 2.45) is 0 Å². The van der Waals surface area contributed by atoms with Crippen molar-refractivity contribution < 1.29 is 24.5 Å². The summed E-state index contributed by atoms with van der Waals surface area (Å²) in [6.07, 6.45) is -0.748. The average Bonchev–Trinajstić information content (AvgIpc) is 3.16. The van der Waals surface area contributed by atoms with Crippen LogP contribution in [0.25, 0.3) is 11.1 Å². The highest BCUT2D eigenvalue weighted by molar-refractivity contribution is 5.79. The van der Waals surface area contributed by atoms with Crippen LogP contribution in [0.5, 0.6) is 5.88 Å². The molecule has 2 atom stereocenters. The third-order valence-corrected chi connectivity index (χ3v) is 6.35. The van der Waals surface area contributed by atoms with Gasteiger partial charge in [-0.15, -0.1) is 0 Å². The summed E-state index contributed by atoms with van der Waals surface area (Å²) >= 11 is 0. The van der Waals surface area contributed by atoms with Crippen LogP contribution in [-0.2, 0) is 4.74 Å². The molecule has 7 heteroatoms. The van der Waals surface area contributed by atoms with Gasteiger partial charge in [0.15, 0.2) is 0 Å². The highest BCUT2D eigenvalue weighted by atomic mass is 16.5. The molecular weight excluding hydrogens is 444 g/mol. The Kier molecular flexibility index (Phi) is 7.10. The van der Waals surface area contributed by atoms with E-state index in [0.717, 1.165) is 22.3 Å². The molecule has 1 aliphatic carbocycles. The Hall–Kier alpha value is -3.42. The van der Waals surface area contributed by atoms with Crippen LogP contribution < -0.4 is 4.74 Å². The largest absolute Gasteiger partial charge is 0.481 e. The predicted octanol–water partition coefficient (Wildman–Crippen LogP) is 5.10. The van der Waals surface area contributed by atoms with Crippen LogP contribution in [0.2, 0.25) is 0 Å². The number of carboxylic acid groups (broad SMARTS) is 1. The number of methoxy groups -OCH3 is 1. The minimum absolute atomic E-state index is 0.0268. The Morgan fingerprint density at radius 1 is 1.03 bits per heavy atom. The van der Waals surface area contributed by atoms with Gasteiger partial charge in [0, 0.05) is 30.3 Å². The molecular formula is C28H32N2O5. The number of hydrogen-bond acceptors (Lipinski definition) is 5. The first-order valence-corrected chi connectivity index (χ1v) is 11.7. The van der Waals surface area contributed by atoms with E-state index >= 15 is 0 Å². The summed E-state index contributed by atoms with van der Waals surface area (Å²) in [6, 6.07) is 18.7. The first-order valence-electron chi connectivity index (χ1n) is 11.7. The molecule has 1 heterocycles. The lowest BCUT2D eigenvalue weighted by Gasteiger charge is -2.36. The third kappa shape index (κ3) is 5.31. The van der Waals surface area contributed by atoms with Crippen molar-refractivity contribution in [1.29, 1.82) is 0 Å². The van der Waals surface area contributed by atoms with Crippen LogP contribution in [0.3, 0.4) is 0 Å². The molecule has 3 aromatic rings. The van der Waals surface area contributed by atoms with E-state index in [2.05, 4.69) is 17.1 Å². The maximum atomic E-state index is 12.6. The van der Waals surface area contributed by atoms with Crippen molar-refractivity contribution in [3.8, 4) is 17.0 Å². The number of aliphatic hydroxyl groups excluding tert-OH is 1. The Morgan fingerprint density at radius 3 is 2.11 bits per heavy atom. The number of hydrogen-bond donors (Lipinski definition) is 2. The summed E-state index contributed by atoms with van der Waals surface area (Å²) < 4.78 is 11.1. The van der Waals surface area contributed by atoms with E-state index < -0.39 is 23.8 Å². The monoisotopic (exact) mass is 476 g/mol. The quantitative estimate of drug-likeness (QED) is 0.470. The van der Waals surface area contributed by atoms with Gasteiger partial charge in [0.25, 0.3) is 0 Å². The molecule has 2 N–H and O–H groups in total. The van der Waals surface area contributed by atoms with Crippen molar-refractivity contribution in [2.45, 2.75) is 44.4 Å². The van der Waals surface area contributed by atoms with Crippen LogP contribution in [0.15, 0.2) is 66.9 Å². The molecule has 35 heavy (non-hydrogen) atoms. The van der Waals surface area contributed by atoms with E-state index in [-0.39, 0.29) is 19.1 Å². The number of rotatable bonds is 8. The fraction of sp³-hybridized carbons (Fsp3) is 0.357. The normalized spacial score (nSPS) is 14.7. The van der Waals surface area contributed by atoms with Gasteiger partial charge in [-0.05, 0) is 49.1 Å². The van der Waals surface area contributed by atoms with Gasteiger partial charge in [-0.2, -0.15) is 0 Å². The van der Waals surface area contributed by atoms with E-state index in [1.54, 1.807) is 12.1 Å². The van der Waals surface area contributed by atoms with Gasteiger partial charge in [-0.1, -0.05) is 48.5 Å². The molecule has 0 saturated carbocycles. The molecule has 0 saturated heterocycles. The number of aliphatic hydroxyl groups is 1. The van der Waals surface area contributed by atoms with E-state index in [0.29, 0.717) is 11.4 Å². The first kappa shape index (κ1) is 24.7. The molecule has 184 valence electrons. The zero-order chi connectivity index (χ0) is 25.2. The number of carbonyl (C=O) groups is 1. The van der Waals surface area contributed by atoms with Gasteiger partial charge in [-0.25, -0.2) is 9.78 Å². The van der Waals surface area contributed by atoms with Crippen molar-refractivity contribution in [2.75, 3.05) is 20.3 Å². The second kappa shape index (κ2) is 10.1. The molecule has 1 amide bonds. The standard InChI is InChI=1S/C28H32N2O5/c1-28(2,3)35-17-24(26(31)18-13-14-25(34-4)29-15-18)30(27(32)33)16-23-21-11-7-5-9-19(21)20-10-6-8-12-22(20)23/h5-15,23-24,26,31H,16-17H2,1-4H3,(H,32,33)/t24-,26+/m1/s1. The molecule has 0 spiro atoms. The summed E-state index contributed by atoms with van der Waals surface area (Å²) in [6.45, 7) is 5.92. The van der Waals surface area contributed by atoms with Gasteiger partial charge in [0.1, 0.15) is 6.10 Å². The molecule has 0 bridgehead atoms. The van der Waals surface area contributed by atoms with Crippen molar-refractivity contribution in [3.63, 3.8) is 0 Å². The number of ether oxygens (including phenoxy) is 2. The number of nitrogens with zero attached hydrogens (tertiary/aromatic N) is 2. The molecule has 0 unspecified atom stereocenters. The number of amides is 1. The number of fused-ring (bicyclic) bond motifs is 3. The summed E-state index contributed by atoms with van der Waals surface area (Å²) in [7, 11) is 1.52. The topological polar surface area (TPSA) is 92.1 Å². The average molecular weight is 477 g/mol. The SMILES string of the molecule is COc1ccc([C@H](O)[C@@H](COC(C)(C)C)N(CC2c3ccccc3-c3ccccc32)C(=O)O)cn1. The summed E-state index contributed by atoms with van der Waals surface area (Å²) in [5, 5.41) is 21.7. The Labute approximate surface area is 206 Å². The van der Waals surface area contributed by atoms with E-state index in [1.165, 1.54) is 18.2 Å². The molecule has 7 nitrogen and oxygen atoms in total. The van der Waals surface area contributed by atoms with Crippen LogP contribution in [0, 0.1) is 0 Å². The molecule has 4 rings (SSSR count). The molecule has 1 aliphatic rings. The lowest BCUT2D eigenvalue weighted by atomic mass is 9.94. The lowest BCUT2D eigenvalue weighted by Crippen LogP contribution is -2.48.